The molecule has 0 amide bonds. The average molecular weight is 505 g/mol. The zero-order valence-corrected chi connectivity index (χ0v) is 22.1. The van der Waals surface area contributed by atoms with Crippen LogP contribution in [0.3, 0.4) is 0 Å². The number of esters is 1. The number of nitrogens with zero attached hydrogens (tertiary/aromatic N) is 1. The molecule has 0 saturated heterocycles. The van der Waals surface area contributed by atoms with Crippen LogP contribution in [0, 0.1) is 13.8 Å². The summed E-state index contributed by atoms with van der Waals surface area (Å²) in [6.07, 6.45) is 0. The van der Waals surface area contributed by atoms with E-state index in [4.69, 9.17) is 4.74 Å². The summed E-state index contributed by atoms with van der Waals surface area (Å²) in [6, 6.07) is 22.6. The number of hydrogen-bond donors (Lipinski definition) is 1. The van der Waals surface area contributed by atoms with Gasteiger partial charge in [0.05, 0.1) is 22.6 Å². The molecule has 0 aliphatic carbocycles. The number of aromatic nitrogens is 1. The first-order valence-corrected chi connectivity index (χ1v) is 13.5. The lowest BCUT2D eigenvalue weighted by atomic mass is 9.94. The topological polar surface area (TPSA) is 77.4 Å². The van der Waals surface area contributed by atoms with Gasteiger partial charge in [-0.1, -0.05) is 54.1 Å². The van der Waals surface area contributed by atoms with E-state index in [2.05, 4.69) is 9.29 Å². The zero-order valence-electron chi connectivity index (χ0n) is 21.3. The smallest absolute Gasteiger partial charge is 0.340 e. The first kappa shape index (κ1) is 25.7. The summed E-state index contributed by atoms with van der Waals surface area (Å²) in [5.74, 6) is -0.387. The van der Waals surface area contributed by atoms with Gasteiger partial charge in [0, 0.05) is 23.1 Å². The summed E-state index contributed by atoms with van der Waals surface area (Å²) in [6.45, 7) is 10.1. The Hall–Kier alpha value is -3.42. The molecular weight excluding hydrogens is 472 g/mol. The molecule has 7 heteroatoms. The SMILES string of the molecule is CCOC(=O)c1c(C)n(Cc2ccccc2)c2ccc(C(C)(C)NS(=O)(=O)c3ccc(C)cc3)cc12. The fourth-order valence-corrected chi connectivity index (χ4v) is 5.87. The van der Waals surface area contributed by atoms with E-state index >= 15 is 0 Å². The summed E-state index contributed by atoms with van der Waals surface area (Å²) < 4.78 is 36.6. The van der Waals surface area contributed by atoms with E-state index in [1.807, 2.05) is 76.2 Å². The van der Waals surface area contributed by atoms with E-state index in [-0.39, 0.29) is 17.5 Å². The highest BCUT2D eigenvalue weighted by Gasteiger charge is 2.30. The molecule has 0 atom stereocenters. The molecule has 3 aromatic carbocycles. The Balaban J connectivity index is 1.79. The lowest BCUT2D eigenvalue weighted by molar-refractivity contribution is 0.0527. The number of rotatable bonds is 8. The van der Waals surface area contributed by atoms with Crippen LogP contribution in [0.2, 0.25) is 0 Å². The third kappa shape index (κ3) is 5.08. The van der Waals surface area contributed by atoms with Crippen LogP contribution in [0.4, 0.5) is 0 Å². The number of ether oxygens (including phenoxy) is 1. The Morgan fingerprint density at radius 3 is 2.28 bits per heavy atom. The second-order valence-corrected chi connectivity index (χ2v) is 11.2. The van der Waals surface area contributed by atoms with Crippen molar-refractivity contribution < 1.29 is 17.9 Å². The number of aryl methyl sites for hydroxylation is 1. The molecule has 1 aromatic heterocycles. The maximum Gasteiger partial charge on any atom is 0.340 e. The van der Waals surface area contributed by atoms with Gasteiger partial charge in [0.2, 0.25) is 10.0 Å². The van der Waals surface area contributed by atoms with Gasteiger partial charge < -0.3 is 9.30 Å². The normalized spacial score (nSPS) is 12.1. The maximum atomic E-state index is 13.1. The largest absolute Gasteiger partial charge is 0.462 e. The molecule has 0 spiro atoms. The van der Waals surface area contributed by atoms with Crippen molar-refractivity contribution in [3.05, 3.63) is 101 Å². The standard InChI is InChI=1S/C29H32N2O4S/c1-6-35-28(32)27-21(3)31(19-22-10-8-7-9-11-22)26-17-14-23(18-25(26)27)29(4,5)30-36(33,34)24-15-12-20(2)13-16-24/h7-18,30H,6,19H2,1-5H3. The first-order valence-electron chi connectivity index (χ1n) is 12.0. The quantitative estimate of drug-likeness (QED) is 0.313. The van der Waals surface area contributed by atoms with E-state index < -0.39 is 15.6 Å². The molecule has 4 aromatic rings. The fraction of sp³-hybridized carbons (Fsp3) is 0.276. The zero-order chi connectivity index (χ0) is 26.1. The summed E-state index contributed by atoms with van der Waals surface area (Å²) in [7, 11) is -3.76. The monoisotopic (exact) mass is 504 g/mol. The Morgan fingerprint density at radius 2 is 1.64 bits per heavy atom. The van der Waals surface area contributed by atoms with Crippen LogP contribution in [-0.4, -0.2) is 25.6 Å². The Bertz CT molecular complexity index is 1500. The summed E-state index contributed by atoms with van der Waals surface area (Å²) >= 11 is 0. The number of fused-ring (bicyclic) bond motifs is 1. The van der Waals surface area contributed by atoms with Gasteiger partial charge in [-0.2, -0.15) is 0 Å². The molecule has 0 radical (unpaired) electrons. The van der Waals surface area contributed by atoms with Gasteiger partial charge >= 0.3 is 5.97 Å². The van der Waals surface area contributed by atoms with E-state index in [0.717, 1.165) is 33.3 Å². The number of sulfonamides is 1. The fourth-order valence-electron chi connectivity index (χ4n) is 4.47. The molecule has 0 fully saturated rings. The summed E-state index contributed by atoms with van der Waals surface area (Å²) in [5.41, 5.74) is 4.11. The van der Waals surface area contributed by atoms with Crippen molar-refractivity contribution >= 4 is 26.9 Å². The average Bonchev–Trinajstić information content (AvgIpc) is 3.10. The predicted molar refractivity (Wildman–Crippen MR) is 143 cm³/mol. The van der Waals surface area contributed by atoms with E-state index in [0.29, 0.717) is 12.1 Å². The number of hydrogen-bond acceptors (Lipinski definition) is 4. The van der Waals surface area contributed by atoms with Crippen LogP contribution in [0.15, 0.2) is 77.7 Å². The van der Waals surface area contributed by atoms with Crippen molar-refractivity contribution in [1.29, 1.82) is 0 Å². The first-order chi connectivity index (χ1) is 17.0. The maximum absolute atomic E-state index is 13.1. The molecule has 36 heavy (non-hydrogen) atoms. The lowest BCUT2D eigenvalue weighted by Crippen LogP contribution is -2.40. The molecule has 0 unspecified atom stereocenters. The Kier molecular flexibility index (Phi) is 7.07. The van der Waals surface area contributed by atoms with Crippen LogP contribution < -0.4 is 4.72 Å². The Morgan fingerprint density at radius 1 is 0.972 bits per heavy atom. The van der Waals surface area contributed by atoms with Crippen LogP contribution in [0.25, 0.3) is 10.9 Å². The minimum atomic E-state index is -3.76. The minimum absolute atomic E-state index is 0.208. The number of carbonyl (C=O) groups is 1. The number of carbonyl (C=O) groups excluding carboxylic acids is 1. The second kappa shape index (κ2) is 9.91. The molecule has 0 aliphatic heterocycles. The molecular formula is C29H32N2O4S. The molecule has 1 heterocycles. The predicted octanol–water partition coefficient (Wildman–Crippen LogP) is 5.70. The molecule has 4 rings (SSSR count). The second-order valence-electron chi connectivity index (χ2n) is 9.53. The molecule has 0 bridgehead atoms. The lowest BCUT2D eigenvalue weighted by Gasteiger charge is -2.27. The summed E-state index contributed by atoms with van der Waals surface area (Å²) in [4.78, 5) is 13.2. The van der Waals surface area contributed by atoms with Gasteiger partial charge in [-0.05, 0) is 70.0 Å². The van der Waals surface area contributed by atoms with Crippen LogP contribution >= 0.6 is 0 Å². The van der Waals surface area contributed by atoms with Gasteiger partial charge in [0.1, 0.15) is 0 Å². The van der Waals surface area contributed by atoms with Crippen molar-refractivity contribution in [3.8, 4) is 0 Å². The molecule has 0 saturated carbocycles. The van der Waals surface area contributed by atoms with E-state index in [1.54, 1.807) is 31.2 Å². The van der Waals surface area contributed by atoms with Gasteiger partial charge in [0.15, 0.2) is 0 Å². The highest BCUT2D eigenvalue weighted by atomic mass is 32.2. The third-order valence-corrected chi connectivity index (χ3v) is 8.10. The van der Waals surface area contributed by atoms with E-state index in [1.165, 1.54) is 0 Å². The van der Waals surface area contributed by atoms with Crippen molar-refractivity contribution in [2.45, 2.75) is 51.6 Å². The van der Waals surface area contributed by atoms with Crippen molar-refractivity contribution in [2.75, 3.05) is 6.61 Å². The van der Waals surface area contributed by atoms with Crippen molar-refractivity contribution in [3.63, 3.8) is 0 Å². The van der Waals surface area contributed by atoms with Crippen molar-refractivity contribution in [1.82, 2.24) is 9.29 Å². The third-order valence-electron chi connectivity index (χ3n) is 6.43. The Labute approximate surface area is 213 Å². The van der Waals surface area contributed by atoms with Crippen molar-refractivity contribution in [2.24, 2.45) is 0 Å². The van der Waals surface area contributed by atoms with Gasteiger partial charge in [-0.25, -0.2) is 17.9 Å². The van der Waals surface area contributed by atoms with Gasteiger partial charge in [0.25, 0.3) is 0 Å². The highest BCUT2D eigenvalue weighted by Crippen LogP contribution is 2.32. The van der Waals surface area contributed by atoms with Gasteiger partial charge in [-0.15, -0.1) is 0 Å². The van der Waals surface area contributed by atoms with Crippen LogP contribution in [0.5, 0.6) is 0 Å². The number of nitrogens with one attached hydrogen (secondary N) is 1. The highest BCUT2D eigenvalue weighted by molar-refractivity contribution is 7.89. The number of benzene rings is 3. The molecule has 6 nitrogen and oxygen atoms in total. The summed E-state index contributed by atoms with van der Waals surface area (Å²) in [5, 5.41) is 0.738. The molecule has 188 valence electrons. The molecule has 1 N–H and O–H groups in total. The van der Waals surface area contributed by atoms with E-state index in [9.17, 15) is 13.2 Å². The van der Waals surface area contributed by atoms with Gasteiger partial charge in [-0.3, -0.25) is 0 Å². The molecule has 0 aliphatic rings. The minimum Gasteiger partial charge on any atom is -0.462 e. The van der Waals surface area contributed by atoms with Crippen LogP contribution in [0.1, 0.15) is 53.5 Å². The van der Waals surface area contributed by atoms with Crippen LogP contribution in [-0.2, 0) is 26.8 Å².